The smallest absolute Gasteiger partial charge is 0.306 e. The minimum atomic E-state index is -0.320. The molecule has 0 bridgehead atoms. The third-order valence-corrected chi connectivity index (χ3v) is 3.65. The highest BCUT2D eigenvalue weighted by Gasteiger charge is 2.12. The Bertz CT molecular complexity index is 492. The zero-order chi connectivity index (χ0) is 15.8. The van der Waals surface area contributed by atoms with Crippen LogP contribution in [0.15, 0.2) is 24.3 Å². The van der Waals surface area contributed by atoms with Gasteiger partial charge in [0, 0.05) is 31.6 Å². The van der Waals surface area contributed by atoms with Gasteiger partial charge in [0.2, 0.25) is 0 Å². The van der Waals surface area contributed by atoms with E-state index in [2.05, 4.69) is 4.90 Å². The number of benzene rings is 1. The van der Waals surface area contributed by atoms with Crippen molar-refractivity contribution < 1.29 is 19.1 Å². The third-order valence-electron chi connectivity index (χ3n) is 3.65. The van der Waals surface area contributed by atoms with Gasteiger partial charge in [-0.15, -0.1) is 0 Å². The zero-order valence-electron chi connectivity index (χ0n) is 13.0. The van der Waals surface area contributed by atoms with Gasteiger partial charge in [0.15, 0.2) is 5.78 Å². The molecular weight excluding hydrogens is 282 g/mol. The molecule has 0 N–H and O–H groups in total. The van der Waals surface area contributed by atoms with Crippen LogP contribution in [0.5, 0.6) is 0 Å². The number of esters is 1. The summed E-state index contributed by atoms with van der Waals surface area (Å²) in [5.41, 5.74) is 1.83. The quantitative estimate of drug-likeness (QED) is 0.570. The standard InChI is InChI=1S/C17H23NO4/c1-2-22-17(20)8-7-16(19)15-5-3-14(4-6-15)13-18-9-11-21-12-10-18/h3-6H,2,7-13H2,1H3. The summed E-state index contributed by atoms with van der Waals surface area (Å²) >= 11 is 0. The van der Waals surface area contributed by atoms with E-state index in [1.807, 2.05) is 24.3 Å². The Hall–Kier alpha value is -1.72. The fourth-order valence-electron chi connectivity index (χ4n) is 2.41. The van der Waals surface area contributed by atoms with Gasteiger partial charge in [0.05, 0.1) is 26.2 Å². The molecule has 0 aromatic heterocycles. The highest BCUT2D eigenvalue weighted by molar-refractivity contribution is 5.97. The van der Waals surface area contributed by atoms with Crippen molar-refractivity contribution in [1.29, 1.82) is 0 Å². The van der Waals surface area contributed by atoms with E-state index in [-0.39, 0.29) is 24.6 Å². The number of hydrogen-bond donors (Lipinski definition) is 0. The monoisotopic (exact) mass is 305 g/mol. The van der Waals surface area contributed by atoms with Crippen molar-refractivity contribution in [3.8, 4) is 0 Å². The Kier molecular flexibility index (Phi) is 6.55. The van der Waals surface area contributed by atoms with Gasteiger partial charge < -0.3 is 9.47 Å². The van der Waals surface area contributed by atoms with Gasteiger partial charge >= 0.3 is 5.97 Å². The van der Waals surface area contributed by atoms with Crippen molar-refractivity contribution in [2.24, 2.45) is 0 Å². The molecule has 1 aromatic rings. The van der Waals surface area contributed by atoms with Gasteiger partial charge in [-0.3, -0.25) is 14.5 Å². The zero-order valence-corrected chi connectivity index (χ0v) is 13.0. The summed E-state index contributed by atoms with van der Waals surface area (Å²) in [4.78, 5) is 25.6. The molecule has 0 aliphatic carbocycles. The molecule has 5 heteroatoms. The number of ether oxygens (including phenoxy) is 2. The molecule has 1 aromatic carbocycles. The summed E-state index contributed by atoms with van der Waals surface area (Å²) in [6.45, 7) is 6.44. The first-order chi connectivity index (χ1) is 10.7. The van der Waals surface area contributed by atoms with Crippen molar-refractivity contribution in [1.82, 2.24) is 4.90 Å². The van der Waals surface area contributed by atoms with E-state index >= 15 is 0 Å². The highest BCUT2D eigenvalue weighted by Crippen LogP contribution is 2.11. The van der Waals surface area contributed by atoms with Gasteiger partial charge in [-0.05, 0) is 12.5 Å². The first-order valence-corrected chi connectivity index (χ1v) is 7.77. The lowest BCUT2D eigenvalue weighted by atomic mass is 10.0. The molecule has 0 atom stereocenters. The molecule has 1 heterocycles. The third kappa shape index (κ3) is 5.24. The Labute approximate surface area is 131 Å². The van der Waals surface area contributed by atoms with E-state index in [4.69, 9.17) is 9.47 Å². The molecule has 1 saturated heterocycles. The predicted molar refractivity (Wildman–Crippen MR) is 82.7 cm³/mol. The summed E-state index contributed by atoms with van der Waals surface area (Å²) in [5, 5.41) is 0. The topological polar surface area (TPSA) is 55.8 Å². The lowest BCUT2D eigenvalue weighted by molar-refractivity contribution is -0.143. The van der Waals surface area contributed by atoms with E-state index in [0.717, 1.165) is 32.8 Å². The fourth-order valence-corrected chi connectivity index (χ4v) is 2.41. The summed E-state index contributed by atoms with van der Waals surface area (Å²) in [6.07, 6.45) is 0.337. The van der Waals surface area contributed by atoms with Crippen LogP contribution in [0.3, 0.4) is 0 Å². The van der Waals surface area contributed by atoms with E-state index in [9.17, 15) is 9.59 Å². The van der Waals surface area contributed by atoms with Crippen molar-refractivity contribution in [3.05, 3.63) is 35.4 Å². The summed E-state index contributed by atoms with van der Waals surface area (Å²) in [7, 11) is 0. The number of carbonyl (C=O) groups excluding carboxylic acids is 2. The van der Waals surface area contributed by atoms with Gasteiger partial charge in [0.1, 0.15) is 0 Å². The molecule has 2 rings (SSSR count). The molecule has 0 amide bonds. The molecule has 22 heavy (non-hydrogen) atoms. The Morgan fingerprint density at radius 1 is 1.14 bits per heavy atom. The second-order valence-corrected chi connectivity index (χ2v) is 5.31. The lowest BCUT2D eigenvalue weighted by Gasteiger charge is -2.26. The Balaban J connectivity index is 1.82. The van der Waals surface area contributed by atoms with E-state index in [1.165, 1.54) is 5.56 Å². The van der Waals surface area contributed by atoms with Crippen LogP contribution in [0.4, 0.5) is 0 Å². The first kappa shape index (κ1) is 16.6. The van der Waals surface area contributed by atoms with E-state index < -0.39 is 0 Å². The fraction of sp³-hybridized carbons (Fsp3) is 0.529. The van der Waals surface area contributed by atoms with Crippen molar-refractivity contribution in [2.45, 2.75) is 26.3 Å². The van der Waals surface area contributed by atoms with Crippen molar-refractivity contribution in [3.63, 3.8) is 0 Å². The normalized spacial score (nSPS) is 15.5. The second kappa shape index (κ2) is 8.66. The molecule has 0 unspecified atom stereocenters. The maximum atomic E-state index is 12.0. The van der Waals surface area contributed by atoms with Gasteiger partial charge in [0.25, 0.3) is 0 Å². The average Bonchev–Trinajstić information content (AvgIpc) is 2.54. The molecule has 0 spiro atoms. The van der Waals surface area contributed by atoms with E-state index in [1.54, 1.807) is 6.92 Å². The van der Waals surface area contributed by atoms with Crippen LogP contribution >= 0.6 is 0 Å². The SMILES string of the molecule is CCOC(=O)CCC(=O)c1ccc(CN2CCOCC2)cc1. The molecule has 0 saturated carbocycles. The second-order valence-electron chi connectivity index (χ2n) is 5.31. The van der Waals surface area contributed by atoms with Crippen LogP contribution in [0.2, 0.25) is 0 Å². The average molecular weight is 305 g/mol. The Morgan fingerprint density at radius 3 is 2.45 bits per heavy atom. The number of carbonyl (C=O) groups is 2. The first-order valence-electron chi connectivity index (χ1n) is 7.77. The lowest BCUT2D eigenvalue weighted by Crippen LogP contribution is -2.35. The molecular formula is C17H23NO4. The van der Waals surface area contributed by atoms with Crippen molar-refractivity contribution >= 4 is 11.8 Å². The number of ketones is 1. The molecule has 120 valence electrons. The molecule has 0 radical (unpaired) electrons. The number of rotatable bonds is 7. The largest absolute Gasteiger partial charge is 0.466 e. The summed E-state index contributed by atoms with van der Waals surface area (Å²) in [5.74, 6) is -0.342. The Morgan fingerprint density at radius 2 is 1.82 bits per heavy atom. The van der Waals surface area contributed by atoms with Crippen molar-refractivity contribution in [2.75, 3.05) is 32.9 Å². The summed E-state index contributed by atoms with van der Waals surface area (Å²) < 4.78 is 10.2. The van der Waals surface area contributed by atoms with Crippen LogP contribution < -0.4 is 0 Å². The van der Waals surface area contributed by atoms with Gasteiger partial charge in [-0.2, -0.15) is 0 Å². The minimum Gasteiger partial charge on any atom is -0.466 e. The maximum Gasteiger partial charge on any atom is 0.306 e. The van der Waals surface area contributed by atoms with Crippen LogP contribution in [0.25, 0.3) is 0 Å². The van der Waals surface area contributed by atoms with Crippen LogP contribution in [0.1, 0.15) is 35.7 Å². The summed E-state index contributed by atoms with van der Waals surface area (Å²) in [6, 6.07) is 7.63. The minimum absolute atomic E-state index is 0.0222. The van der Waals surface area contributed by atoms with Gasteiger partial charge in [-0.1, -0.05) is 24.3 Å². The molecule has 1 aliphatic heterocycles. The molecule has 1 fully saturated rings. The van der Waals surface area contributed by atoms with E-state index in [0.29, 0.717) is 12.2 Å². The predicted octanol–water partition coefficient (Wildman–Crippen LogP) is 2.04. The number of Topliss-reactive ketones (excluding diaryl/α,β-unsaturated/α-hetero) is 1. The van der Waals surface area contributed by atoms with Gasteiger partial charge in [-0.25, -0.2) is 0 Å². The van der Waals surface area contributed by atoms with Crippen LogP contribution in [0, 0.1) is 0 Å². The number of hydrogen-bond acceptors (Lipinski definition) is 5. The number of morpholine rings is 1. The van der Waals surface area contributed by atoms with Crippen LogP contribution in [-0.2, 0) is 20.8 Å². The molecule has 5 nitrogen and oxygen atoms in total. The molecule has 1 aliphatic rings. The number of nitrogens with zero attached hydrogens (tertiary/aromatic N) is 1. The highest BCUT2D eigenvalue weighted by atomic mass is 16.5. The van der Waals surface area contributed by atoms with Crippen LogP contribution in [-0.4, -0.2) is 49.6 Å². The maximum absolute atomic E-state index is 12.0.